The Balaban J connectivity index is 1.35. The van der Waals surface area contributed by atoms with Gasteiger partial charge in [0, 0.05) is 11.1 Å². The van der Waals surface area contributed by atoms with Gasteiger partial charge in [0.05, 0.1) is 91.5 Å². The van der Waals surface area contributed by atoms with Crippen LogP contribution in [0, 0.1) is 0 Å². The summed E-state index contributed by atoms with van der Waals surface area (Å²) < 4.78 is 65.2. The minimum absolute atomic E-state index is 0.0916. The fourth-order valence-electron chi connectivity index (χ4n) is 3.25. The van der Waals surface area contributed by atoms with E-state index >= 15 is 0 Å². The predicted octanol–water partition coefficient (Wildman–Crippen LogP) is 3.33. The summed E-state index contributed by atoms with van der Waals surface area (Å²) in [6.45, 7) is 1.87. The largest absolute Gasteiger partial charge is 0.491 e. The van der Waals surface area contributed by atoms with Gasteiger partial charge in [-0.25, -0.2) is 4.79 Å². The molecule has 0 unspecified atom stereocenters. The molecule has 0 radical (unpaired) electrons. The van der Waals surface area contributed by atoms with Crippen LogP contribution in [-0.4, -0.2) is 116 Å². The molecule has 0 spiro atoms. The molecule has 0 aliphatic heterocycles. The summed E-state index contributed by atoms with van der Waals surface area (Å²) in [5, 5.41) is 8.96. The topological polar surface area (TPSA) is 128 Å². The van der Waals surface area contributed by atoms with Gasteiger partial charge in [-0.2, -0.15) is 8.78 Å². The van der Waals surface area contributed by atoms with Crippen LogP contribution in [0.2, 0.25) is 0 Å². The van der Waals surface area contributed by atoms with Crippen LogP contribution in [0.3, 0.4) is 0 Å². The normalized spacial score (nSPS) is 11.2. The number of rotatable bonds is 26. The first kappa shape index (κ1) is 35.2. The third-order valence-corrected chi connectivity index (χ3v) is 5.34. The number of benzene rings is 2. The summed E-state index contributed by atoms with van der Waals surface area (Å²) in [4.78, 5) is 23.5. The number of ketones is 1. The Labute approximate surface area is 243 Å². The van der Waals surface area contributed by atoms with Crippen LogP contribution in [0.15, 0.2) is 48.5 Å². The molecule has 0 atom stereocenters. The Hall–Kier alpha value is -3.04. The second-order valence-corrected chi connectivity index (χ2v) is 8.39. The maximum atomic E-state index is 12.5. The molecule has 2 aromatic rings. The number of aromatic carboxylic acids is 1. The van der Waals surface area contributed by atoms with Crippen LogP contribution >= 0.6 is 0 Å². The number of ether oxygens (including phenoxy) is 8. The summed E-state index contributed by atoms with van der Waals surface area (Å²) in [6.07, 6.45) is 0. The molecule has 42 heavy (non-hydrogen) atoms. The molecular formula is C29H38F2O11. The van der Waals surface area contributed by atoms with Crippen molar-refractivity contribution in [2.75, 3.05) is 92.5 Å². The molecule has 0 amide bonds. The number of alkyl halides is 2. The van der Waals surface area contributed by atoms with Crippen molar-refractivity contribution in [2.24, 2.45) is 0 Å². The Morgan fingerprint density at radius 3 is 1.24 bits per heavy atom. The van der Waals surface area contributed by atoms with Crippen LogP contribution in [0.25, 0.3) is 0 Å². The number of hydrogen-bond acceptors (Lipinski definition) is 10. The number of carbonyl (C=O) groups excluding carboxylic acids is 1. The lowest BCUT2D eigenvalue weighted by atomic mass is 10.0. The maximum absolute atomic E-state index is 12.5. The van der Waals surface area contributed by atoms with Gasteiger partial charge in [-0.1, -0.05) is 12.1 Å². The van der Waals surface area contributed by atoms with Crippen molar-refractivity contribution < 1.29 is 61.4 Å². The number of carboxylic acids is 1. The lowest BCUT2D eigenvalue weighted by Gasteiger charge is -2.09. The third-order valence-electron chi connectivity index (χ3n) is 5.34. The molecule has 0 heterocycles. The average molecular weight is 601 g/mol. The van der Waals surface area contributed by atoms with Gasteiger partial charge in [0.15, 0.2) is 5.78 Å². The first-order valence-corrected chi connectivity index (χ1v) is 13.4. The number of carboxylic acid groups (broad SMARTS) is 1. The lowest BCUT2D eigenvalue weighted by Crippen LogP contribution is -2.15. The highest BCUT2D eigenvalue weighted by atomic mass is 19.3. The van der Waals surface area contributed by atoms with E-state index in [4.69, 9.17) is 38.3 Å². The zero-order valence-electron chi connectivity index (χ0n) is 23.4. The highest BCUT2D eigenvalue weighted by Crippen LogP contribution is 2.16. The Kier molecular flexibility index (Phi) is 18.9. The van der Waals surface area contributed by atoms with Crippen LogP contribution < -0.4 is 4.74 Å². The van der Waals surface area contributed by atoms with Gasteiger partial charge in [-0.05, 0) is 36.4 Å². The molecular weight excluding hydrogens is 562 g/mol. The van der Waals surface area contributed by atoms with Gasteiger partial charge < -0.3 is 43.0 Å². The Morgan fingerprint density at radius 1 is 0.524 bits per heavy atom. The molecule has 234 valence electrons. The highest BCUT2D eigenvalue weighted by Gasteiger charge is 2.11. The first-order valence-electron chi connectivity index (χ1n) is 13.4. The molecule has 2 aromatic carbocycles. The lowest BCUT2D eigenvalue weighted by molar-refractivity contribution is -0.140. The molecule has 2 rings (SSSR count). The van der Waals surface area contributed by atoms with Gasteiger partial charge in [-0.15, -0.1) is 0 Å². The molecule has 0 bridgehead atoms. The molecule has 13 heteroatoms. The van der Waals surface area contributed by atoms with E-state index in [9.17, 15) is 18.4 Å². The third kappa shape index (κ3) is 16.4. The number of carbonyl (C=O) groups is 2. The van der Waals surface area contributed by atoms with Gasteiger partial charge in [0.2, 0.25) is 0 Å². The van der Waals surface area contributed by atoms with Gasteiger partial charge in [-0.3, -0.25) is 4.79 Å². The summed E-state index contributed by atoms with van der Waals surface area (Å²) in [7, 11) is 0. The van der Waals surface area contributed by atoms with Gasteiger partial charge >= 0.3 is 12.6 Å². The second-order valence-electron chi connectivity index (χ2n) is 8.39. The minimum Gasteiger partial charge on any atom is -0.491 e. The summed E-state index contributed by atoms with van der Waals surface area (Å²) in [6, 6.07) is 12.5. The molecule has 0 fully saturated rings. The van der Waals surface area contributed by atoms with E-state index in [-0.39, 0.29) is 24.6 Å². The summed E-state index contributed by atoms with van der Waals surface area (Å²) in [5.41, 5.74) is 1.00. The molecule has 0 aromatic heterocycles. The van der Waals surface area contributed by atoms with Crippen molar-refractivity contribution in [3.63, 3.8) is 0 Å². The van der Waals surface area contributed by atoms with Crippen LogP contribution in [0.1, 0.15) is 26.3 Å². The molecule has 0 aliphatic carbocycles. The standard InChI is InChI=1S/C29H38F2O11/c30-29(31)42-22-20-40-18-16-38-14-12-36-10-9-35-11-13-37-15-17-39-19-21-41-26-7-5-24(6-8-26)27(32)23-1-3-25(4-2-23)28(33)34/h1-8,29H,9-22H2,(H,33,34). The van der Waals surface area contributed by atoms with Crippen LogP contribution in [0.4, 0.5) is 8.78 Å². The van der Waals surface area contributed by atoms with Crippen molar-refractivity contribution in [1.29, 1.82) is 0 Å². The molecule has 0 saturated carbocycles. The number of hydrogen-bond donors (Lipinski definition) is 1. The monoisotopic (exact) mass is 600 g/mol. The fourth-order valence-corrected chi connectivity index (χ4v) is 3.25. The minimum atomic E-state index is -2.78. The second kappa shape index (κ2) is 22.5. The average Bonchev–Trinajstić information content (AvgIpc) is 2.99. The van der Waals surface area contributed by atoms with Crippen molar-refractivity contribution in [3.8, 4) is 5.75 Å². The Bertz CT molecular complexity index is 988. The van der Waals surface area contributed by atoms with E-state index in [1.807, 2.05) is 0 Å². The zero-order chi connectivity index (χ0) is 30.3. The van der Waals surface area contributed by atoms with E-state index < -0.39 is 12.6 Å². The summed E-state index contributed by atoms with van der Waals surface area (Å²) in [5.74, 6) is -0.648. The SMILES string of the molecule is O=C(O)c1ccc(C(=O)c2ccc(OCCOCCOCCOCCOCCOCCOCCOC(F)F)cc2)cc1. The zero-order valence-corrected chi connectivity index (χ0v) is 23.4. The molecule has 0 saturated heterocycles. The maximum Gasteiger partial charge on any atom is 0.345 e. The van der Waals surface area contributed by atoms with E-state index in [0.717, 1.165) is 0 Å². The van der Waals surface area contributed by atoms with Crippen LogP contribution in [-0.2, 0) is 33.2 Å². The smallest absolute Gasteiger partial charge is 0.345 e. The van der Waals surface area contributed by atoms with E-state index in [0.29, 0.717) is 96.2 Å². The fraction of sp³-hybridized carbons (Fsp3) is 0.517. The highest BCUT2D eigenvalue weighted by molar-refractivity contribution is 6.09. The molecule has 0 aliphatic rings. The van der Waals surface area contributed by atoms with E-state index in [2.05, 4.69) is 4.74 Å². The quantitative estimate of drug-likeness (QED) is 0.126. The molecule has 11 nitrogen and oxygen atoms in total. The summed E-state index contributed by atoms with van der Waals surface area (Å²) >= 11 is 0. The van der Waals surface area contributed by atoms with Gasteiger partial charge in [0.25, 0.3) is 0 Å². The van der Waals surface area contributed by atoms with Crippen molar-refractivity contribution in [2.45, 2.75) is 6.61 Å². The van der Waals surface area contributed by atoms with Crippen molar-refractivity contribution in [1.82, 2.24) is 0 Å². The molecule has 1 N–H and O–H groups in total. The first-order chi connectivity index (χ1) is 20.5. The van der Waals surface area contributed by atoms with Gasteiger partial charge in [0.1, 0.15) is 12.4 Å². The van der Waals surface area contributed by atoms with E-state index in [1.54, 1.807) is 24.3 Å². The van der Waals surface area contributed by atoms with Crippen molar-refractivity contribution >= 4 is 11.8 Å². The van der Waals surface area contributed by atoms with Crippen molar-refractivity contribution in [3.05, 3.63) is 65.2 Å². The van der Waals surface area contributed by atoms with E-state index in [1.165, 1.54) is 24.3 Å². The van der Waals surface area contributed by atoms with Crippen LogP contribution in [0.5, 0.6) is 5.75 Å². The number of halogens is 2. The Morgan fingerprint density at radius 2 is 0.857 bits per heavy atom. The predicted molar refractivity (Wildman–Crippen MR) is 146 cm³/mol.